The number of benzene rings is 2. The van der Waals surface area contributed by atoms with Crippen LogP contribution < -0.4 is 15.2 Å². The highest BCUT2D eigenvalue weighted by Crippen LogP contribution is 2.38. The predicted octanol–water partition coefficient (Wildman–Crippen LogP) is 3.87. The maximum absolute atomic E-state index is 6.39. The van der Waals surface area contributed by atoms with Crippen molar-refractivity contribution in [2.24, 2.45) is 5.73 Å². The van der Waals surface area contributed by atoms with Gasteiger partial charge in [-0.1, -0.05) is 28.1 Å². The molecule has 1 atom stereocenters. The molecule has 0 amide bonds. The molecule has 20 heavy (non-hydrogen) atoms. The Labute approximate surface area is 139 Å². The van der Waals surface area contributed by atoms with Crippen molar-refractivity contribution in [3.8, 4) is 11.5 Å². The van der Waals surface area contributed by atoms with Crippen LogP contribution in [0.3, 0.4) is 0 Å². The Morgan fingerprint density at radius 3 is 2.50 bits per heavy atom. The van der Waals surface area contributed by atoms with E-state index in [1.165, 1.54) is 3.57 Å². The number of hydrogen-bond acceptors (Lipinski definition) is 3. The van der Waals surface area contributed by atoms with Crippen molar-refractivity contribution in [2.75, 3.05) is 13.2 Å². The van der Waals surface area contributed by atoms with Crippen LogP contribution in [0.5, 0.6) is 11.5 Å². The molecule has 2 aromatic rings. The molecule has 0 spiro atoms. The van der Waals surface area contributed by atoms with E-state index in [-0.39, 0.29) is 6.04 Å². The van der Waals surface area contributed by atoms with Crippen LogP contribution in [0.2, 0.25) is 0 Å². The van der Waals surface area contributed by atoms with Crippen molar-refractivity contribution in [1.82, 2.24) is 0 Å². The summed E-state index contributed by atoms with van der Waals surface area (Å²) < 4.78 is 13.3. The highest BCUT2D eigenvalue weighted by molar-refractivity contribution is 14.1. The first kappa shape index (κ1) is 14.2. The van der Waals surface area contributed by atoms with Gasteiger partial charge < -0.3 is 15.2 Å². The Morgan fingerprint density at radius 2 is 1.80 bits per heavy atom. The topological polar surface area (TPSA) is 44.5 Å². The number of halogens is 2. The molecule has 3 nitrogen and oxygen atoms in total. The maximum Gasteiger partial charge on any atom is 0.162 e. The number of nitrogens with two attached hydrogens (primary N) is 1. The van der Waals surface area contributed by atoms with E-state index in [0.29, 0.717) is 13.2 Å². The van der Waals surface area contributed by atoms with Gasteiger partial charge in [0.1, 0.15) is 13.2 Å². The molecule has 1 aliphatic heterocycles. The summed E-state index contributed by atoms with van der Waals surface area (Å²) in [4.78, 5) is 0. The Bertz CT molecular complexity index is 648. The summed E-state index contributed by atoms with van der Waals surface area (Å²) in [6.45, 7) is 1.16. The summed E-state index contributed by atoms with van der Waals surface area (Å²) in [5, 5.41) is 0. The summed E-state index contributed by atoms with van der Waals surface area (Å²) in [5.41, 5.74) is 8.46. The summed E-state index contributed by atoms with van der Waals surface area (Å²) in [7, 11) is 0. The van der Waals surface area contributed by atoms with Gasteiger partial charge in [-0.3, -0.25) is 0 Å². The molecule has 0 saturated carbocycles. The first-order valence-corrected chi connectivity index (χ1v) is 8.12. The summed E-state index contributed by atoms with van der Waals surface area (Å²) >= 11 is 5.86. The fourth-order valence-corrected chi connectivity index (χ4v) is 3.33. The van der Waals surface area contributed by atoms with Gasteiger partial charge in [-0.05, 0) is 58.0 Å². The van der Waals surface area contributed by atoms with Crippen molar-refractivity contribution in [1.29, 1.82) is 0 Å². The van der Waals surface area contributed by atoms with E-state index in [2.05, 4.69) is 50.7 Å². The van der Waals surface area contributed by atoms with E-state index < -0.39 is 0 Å². The molecule has 0 aromatic heterocycles. The molecule has 3 rings (SSSR count). The van der Waals surface area contributed by atoms with E-state index in [4.69, 9.17) is 15.2 Å². The third-order valence-corrected chi connectivity index (χ3v) is 4.56. The van der Waals surface area contributed by atoms with E-state index in [9.17, 15) is 0 Å². The highest BCUT2D eigenvalue weighted by Gasteiger charge is 2.19. The first-order chi connectivity index (χ1) is 9.65. The molecule has 5 heteroatoms. The Hall–Kier alpha value is -0.790. The Balaban J connectivity index is 2.01. The van der Waals surface area contributed by atoms with Crippen LogP contribution in [0, 0.1) is 3.57 Å². The lowest BCUT2D eigenvalue weighted by molar-refractivity contribution is 0.171. The maximum atomic E-state index is 6.39. The molecule has 0 aliphatic carbocycles. The van der Waals surface area contributed by atoms with Gasteiger partial charge in [0.25, 0.3) is 0 Å². The molecule has 0 radical (unpaired) electrons. The molecule has 0 bridgehead atoms. The third kappa shape index (κ3) is 2.80. The second kappa shape index (κ2) is 5.91. The number of ether oxygens (including phenoxy) is 2. The minimum atomic E-state index is -0.199. The Kier molecular flexibility index (Phi) is 4.18. The van der Waals surface area contributed by atoms with Gasteiger partial charge in [0.05, 0.1) is 6.04 Å². The third-order valence-electron chi connectivity index (χ3n) is 3.20. The fraction of sp³-hybridized carbons (Fsp3) is 0.200. The Morgan fingerprint density at radius 1 is 1.10 bits per heavy atom. The SMILES string of the molecule is NC(c1cccc(I)c1)c1cc2c(cc1Br)OCCO2. The van der Waals surface area contributed by atoms with Gasteiger partial charge in [-0.25, -0.2) is 0 Å². The van der Waals surface area contributed by atoms with Gasteiger partial charge in [0, 0.05) is 8.04 Å². The van der Waals surface area contributed by atoms with Crippen molar-refractivity contribution >= 4 is 38.5 Å². The molecule has 0 saturated heterocycles. The molecular formula is C15H13BrINO2. The van der Waals surface area contributed by atoms with Crippen molar-refractivity contribution < 1.29 is 9.47 Å². The van der Waals surface area contributed by atoms with E-state index in [1.54, 1.807) is 0 Å². The normalized spacial score (nSPS) is 14.9. The number of rotatable bonds is 2. The van der Waals surface area contributed by atoms with Gasteiger partial charge in [0.2, 0.25) is 0 Å². The molecule has 1 heterocycles. The second-order valence-corrected chi connectivity index (χ2v) is 6.65. The predicted molar refractivity (Wildman–Crippen MR) is 90.3 cm³/mol. The zero-order valence-electron chi connectivity index (χ0n) is 10.6. The molecule has 1 unspecified atom stereocenters. The lowest BCUT2D eigenvalue weighted by atomic mass is 9.99. The quantitative estimate of drug-likeness (QED) is 0.713. The van der Waals surface area contributed by atoms with Crippen molar-refractivity contribution in [3.05, 3.63) is 55.6 Å². The van der Waals surface area contributed by atoms with Crippen molar-refractivity contribution in [3.63, 3.8) is 0 Å². The largest absolute Gasteiger partial charge is 0.486 e. The van der Waals surface area contributed by atoms with E-state index in [1.807, 2.05) is 24.3 Å². The van der Waals surface area contributed by atoms with Crippen LogP contribution in [0.4, 0.5) is 0 Å². The molecule has 2 N–H and O–H groups in total. The van der Waals surface area contributed by atoms with Gasteiger partial charge >= 0.3 is 0 Å². The monoisotopic (exact) mass is 445 g/mol. The first-order valence-electron chi connectivity index (χ1n) is 6.25. The zero-order valence-corrected chi connectivity index (χ0v) is 14.3. The van der Waals surface area contributed by atoms with Gasteiger partial charge in [0.15, 0.2) is 11.5 Å². The minimum Gasteiger partial charge on any atom is -0.486 e. The van der Waals surface area contributed by atoms with Crippen LogP contribution in [0.1, 0.15) is 17.2 Å². The lowest BCUT2D eigenvalue weighted by Gasteiger charge is -2.22. The van der Waals surface area contributed by atoms with Crippen LogP contribution >= 0.6 is 38.5 Å². The second-order valence-electron chi connectivity index (χ2n) is 4.55. The number of fused-ring (bicyclic) bond motifs is 1. The van der Waals surface area contributed by atoms with Crippen LogP contribution in [0.15, 0.2) is 40.9 Å². The standard InChI is InChI=1S/C15H13BrINO2/c16-12-8-14-13(19-4-5-20-14)7-11(12)15(18)9-2-1-3-10(17)6-9/h1-3,6-8,15H,4-5,18H2. The molecular weight excluding hydrogens is 433 g/mol. The molecule has 0 fully saturated rings. The molecule has 2 aromatic carbocycles. The average Bonchev–Trinajstić information content (AvgIpc) is 2.46. The molecule has 104 valence electrons. The van der Waals surface area contributed by atoms with Gasteiger partial charge in [-0.15, -0.1) is 0 Å². The summed E-state index contributed by atoms with van der Waals surface area (Å²) in [6.07, 6.45) is 0. The minimum absolute atomic E-state index is 0.199. The lowest BCUT2D eigenvalue weighted by Crippen LogP contribution is -2.17. The smallest absolute Gasteiger partial charge is 0.162 e. The van der Waals surface area contributed by atoms with Crippen LogP contribution in [-0.4, -0.2) is 13.2 Å². The van der Waals surface area contributed by atoms with E-state index in [0.717, 1.165) is 27.1 Å². The molecule has 1 aliphatic rings. The fourth-order valence-electron chi connectivity index (χ4n) is 2.20. The van der Waals surface area contributed by atoms with Gasteiger partial charge in [-0.2, -0.15) is 0 Å². The summed E-state index contributed by atoms with van der Waals surface area (Å²) in [6, 6.07) is 11.9. The number of hydrogen-bond donors (Lipinski definition) is 1. The average molecular weight is 446 g/mol. The highest BCUT2D eigenvalue weighted by atomic mass is 127. The zero-order chi connectivity index (χ0) is 14.1. The van der Waals surface area contributed by atoms with Crippen LogP contribution in [-0.2, 0) is 0 Å². The summed E-state index contributed by atoms with van der Waals surface area (Å²) in [5.74, 6) is 1.53. The van der Waals surface area contributed by atoms with E-state index >= 15 is 0 Å². The van der Waals surface area contributed by atoms with Crippen molar-refractivity contribution in [2.45, 2.75) is 6.04 Å². The van der Waals surface area contributed by atoms with Crippen LogP contribution in [0.25, 0.3) is 0 Å².